The van der Waals surface area contributed by atoms with Crippen molar-refractivity contribution in [2.75, 3.05) is 26.9 Å². The molecule has 0 heterocycles. The van der Waals surface area contributed by atoms with Gasteiger partial charge in [0.1, 0.15) is 5.75 Å². The van der Waals surface area contributed by atoms with Crippen molar-refractivity contribution in [1.29, 1.82) is 0 Å². The number of rotatable bonds is 10. The average molecular weight is 525 g/mol. The van der Waals surface area contributed by atoms with Gasteiger partial charge in [-0.2, -0.15) is 5.10 Å². The Bertz CT molecular complexity index is 918. The van der Waals surface area contributed by atoms with Crippen molar-refractivity contribution in [1.82, 2.24) is 10.7 Å². The minimum atomic E-state index is -0.458. The highest BCUT2D eigenvalue weighted by Gasteiger charge is 2.13. The van der Waals surface area contributed by atoms with Crippen molar-refractivity contribution in [3.05, 3.63) is 51.1 Å². The van der Waals surface area contributed by atoms with E-state index in [9.17, 15) is 9.59 Å². The second kappa shape index (κ2) is 12.0. The second-order valence-electron chi connectivity index (χ2n) is 5.87. The molecule has 160 valence electrons. The fourth-order valence-corrected chi connectivity index (χ4v) is 3.30. The first-order valence-corrected chi connectivity index (χ1v) is 10.4. The predicted octanol–water partition coefficient (Wildman–Crippen LogP) is 2.98. The summed E-state index contributed by atoms with van der Waals surface area (Å²) in [4.78, 5) is 24.2. The smallest absolute Gasteiger partial charge is 0.259 e. The normalized spacial score (nSPS) is 10.5. The van der Waals surface area contributed by atoms with Crippen LogP contribution in [0.2, 0.25) is 0 Å². The van der Waals surface area contributed by atoms with E-state index in [0.29, 0.717) is 36.0 Å². The van der Waals surface area contributed by atoms with E-state index in [1.54, 1.807) is 30.3 Å². The Labute approximate surface area is 189 Å². The molecular formula is C21H24IN3O5. The first-order valence-electron chi connectivity index (χ1n) is 9.32. The Morgan fingerprint density at radius 1 is 1.10 bits per heavy atom. The van der Waals surface area contributed by atoms with Crippen LogP contribution in [0.25, 0.3) is 0 Å². The molecule has 0 saturated carbocycles. The molecule has 0 aliphatic rings. The number of hydrogen-bond acceptors (Lipinski definition) is 6. The number of para-hydroxylation sites is 1. The molecule has 0 spiro atoms. The summed E-state index contributed by atoms with van der Waals surface area (Å²) in [6, 6.07) is 10.4. The summed E-state index contributed by atoms with van der Waals surface area (Å²) in [5, 5.41) is 6.48. The average Bonchev–Trinajstić information content (AvgIpc) is 2.74. The monoisotopic (exact) mass is 525 g/mol. The van der Waals surface area contributed by atoms with Crippen molar-refractivity contribution in [2.24, 2.45) is 5.10 Å². The number of hydrazone groups is 1. The Balaban J connectivity index is 1.95. The molecule has 2 N–H and O–H groups in total. The molecule has 0 aromatic heterocycles. The Morgan fingerprint density at radius 3 is 2.53 bits per heavy atom. The summed E-state index contributed by atoms with van der Waals surface area (Å²) < 4.78 is 17.3. The lowest BCUT2D eigenvalue weighted by Gasteiger charge is -2.13. The Hall–Kier alpha value is -2.82. The van der Waals surface area contributed by atoms with Crippen LogP contribution in [0, 0.1) is 3.57 Å². The summed E-state index contributed by atoms with van der Waals surface area (Å²) in [5.41, 5.74) is 3.48. The van der Waals surface area contributed by atoms with Gasteiger partial charge in [-0.05, 0) is 66.3 Å². The van der Waals surface area contributed by atoms with Gasteiger partial charge >= 0.3 is 0 Å². The molecular weight excluding hydrogens is 501 g/mol. The van der Waals surface area contributed by atoms with Gasteiger partial charge in [0.05, 0.1) is 42.2 Å². The van der Waals surface area contributed by atoms with Gasteiger partial charge in [0.15, 0.2) is 11.5 Å². The molecule has 0 radical (unpaired) electrons. The molecule has 2 rings (SSSR count). The first-order chi connectivity index (χ1) is 14.5. The summed E-state index contributed by atoms with van der Waals surface area (Å²) in [7, 11) is 1.48. The fraction of sp³-hybridized carbons (Fsp3) is 0.286. The van der Waals surface area contributed by atoms with Crippen molar-refractivity contribution in [3.63, 3.8) is 0 Å². The zero-order chi connectivity index (χ0) is 21.9. The summed E-state index contributed by atoms with van der Waals surface area (Å²) in [5.74, 6) is 0.862. The van der Waals surface area contributed by atoms with E-state index in [0.717, 1.165) is 9.13 Å². The number of carbonyl (C=O) groups is 2. The highest BCUT2D eigenvalue weighted by atomic mass is 127. The van der Waals surface area contributed by atoms with E-state index >= 15 is 0 Å². The molecule has 0 unspecified atom stereocenters. The molecule has 2 aromatic rings. The van der Waals surface area contributed by atoms with Crippen LogP contribution in [0.3, 0.4) is 0 Å². The fourth-order valence-electron chi connectivity index (χ4n) is 2.52. The summed E-state index contributed by atoms with van der Waals surface area (Å²) >= 11 is 2.16. The summed E-state index contributed by atoms with van der Waals surface area (Å²) in [6.07, 6.45) is 1.50. The third kappa shape index (κ3) is 6.61. The second-order valence-corrected chi connectivity index (χ2v) is 7.03. The molecule has 2 aromatic carbocycles. The Kier molecular flexibility index (Phi) is 9.39. The molecule has 2 amide bonds. The SMILES string of the molecule is CCOc1cc(C=NNC(=O)CNC(=O)c2ccccc2OC)cc(I)c1OCC. The van der Waals surface area contributed by atoms with Crippen LogP contribution in [0.5, 0.6) is 17.2 Å². The third-order valence-corrected chi connectivity index (χ3v) is 4.59. The van der Waals surface area contributed by atoms with E-state index in [2.05, 4.69) is 38.4 Å². The molecule has 0 bridgehead atoms. The van der Waals surface area contributed by atoms with E-state index in [1.165, 1.54) is 13.3 Å². The van der Waals surface area contributed by atoms with Crippen LogP contribution >= 0.6 is 22.6 Å². The number of nitrogens with zero attached hydrogens (tertiary/aromatic N) is 1. The van der Waals surface area contributed by atoms with Crippen LogP contribution in [0.4, 0.5) is 0 Å². The maximum absolute atomic E-state index is 12.2. The van der Waals surface area contributed by atoms with Crippen molar-refractivity contribution >= 4 is 40.6 Å². The maximum Gasteiger partial charge on any atom is 0.259 e. The number of hydrogen-bond donors (Lipinski definition) is 2. The number of nitrogens with one attached hydrogen (secondary N) is 2. The number of benzene rings is 2. The Morgan fingerprint density at radius 2 is 1.83 bits per heavy atom. The van der Waals surface area contributed by atoms with Gasteiger partial charge in [-0.15, -0.1) is 0 Å². The van der Waals surface area contributed by atoms with Gasteiger partial charge in [0.25, 0.3) is 11.8 Å². The van der Waals surface area contributed by atoms with Gasteiger partial charge in [0, 0.05) is 0 Å². The molecule has 8 nitrogen and oxygen atoms in total. The minimum Gasteiger partial charge on any atom is -0.496 e. The van der Waals surface area contributed by atoms with Crippen LogP contribution in [0.1, 0.15) is 29.8 Å². The number of amides is 2. The van der Waals surface area contributed by atoms with E-state index in [1.807, 2.05) is 19.9 Å². The standard InChI is InChI=1S/C21H24IN3O5/c1-4-29-18-11-14(10-16(22)20(18)30-5-2)12-24-25-19(26)13-23-21(27)15-8-6-7-9-17(15)28-3/h6-12H,4-5,13H2,1-3H3,(H,23,27)(H,25,26). The van der Waals surface area contributed by atoms with Gasteiger partial charge in [-0.25, -0.2) is 5.43 Å². The van der Waals surface area contributed by atoms with Crippen molar-refractivity contribution in [2.45, 2.75) is 13.8 Å². The highest BCUT2D eigenvalue weighted by Crippen LogP contribution is 2.33. The topological polar surface area (TPSA) is 98.2 Å². The van der Waals surface area contributed by atoms with Crippen molar-refractivity contribution in [3.8, 4) is 17.2 Å². The number of methoxy groups -OCH3 is 1. The van der Waals surface area contributed by atoms with Crippen LogP contribution in [0.15, 0.2) is 41.5 Å². The number of halogens is 1. The van der Waals surface area contributed by atoms with Gasteiger partial charge in [0.2, 0.25) is 0 Å². The zero-order valence-electron chi connectivity index (χ0n) is 17.0. The molecule has 9 heteroatoms. The number of ether oxygens (including phenoxy) is 3. The largest absolute Gasteiger partial charge is 0.496 e. The molecule has 0 fully saturated rings. The van der Waals surface area contributed by atoms with Crippen LogP contribution in [-0.4, -0.2) is 44.9 Å². The van der Waals surface area contributed by atoms with E-state index in [-0.39, 0.29) is 6.54 Å². The molecule has 0 aliphatic heterocycles. The number of carbonyl (C=O) groups excluding carboxylic acids is 2. The highest BCUT2D eigenvalue weighted by molar-refractivity contribution is 14.1. The van der Waals surface area contributed by atoms with Crippen molar-refractivity contribution < 1.29 is 23.8 Å². The molecule has 0 atom stereocenters. The predicted molar refractivity (Wildman–Crippen MR) is 123 cm³/mol. The zero-order valence-corrected chi connectivity index (χ0v) is 19.2. The molecule has 0 aliphatic carbocycles. The van der Waals surface area contributed by atoms with E-state index < -0.39 is 11.8 Å². The quantitative estimate of drug-likeness (QED) is 0.283. The van der Waals surface area contributed by atoms with Crippen LogP contribution < -0.4 is 25.0 Å². The van der Waals surface area contributed by atoms with Gasteiger partial charge < -0.3 is 19.5 Å². The minimum absolute atomic E-state index is 0.223. The lowest BCUT2D eigenvalue weighted by Crippen LogP contribution is -2.35. The molecule has 0 saturated heterocycles. The van der Waals surface area contributed by atoms with Crippen LogP contribution in [-0.2, 0) is 4.79 Å². The maximum atomic E-state index is 12.2. The lowest BCUT2D eigenvalue weighted by molar-refractivity contribution is -0.120. The third-order valence-electron chi connectivity index (χ3n) is 3.78. The first kappa shape index (κ1) is 23.5. The van der Waals surface area contributed by atoms with E-state index in [4.69, 9.17) is 14.2 Å². The van der Waals surface area contributed by atoms with Gasteiger partial charge in [-0.1, -0.05) is 12.1 Å². The molecule has 30 heavy (non-hydrogen) atoms. The lowest BCUT2D eigenvalue weighted by atomic mass is 10.2. The van der Waals surface area contributed by atoms with Gasteiger partial charge in [-0.3, -0.25) is 9.59 Å². The summed E-state index contributed by atoms with van der Waals surface area (Å²) in [6.45, 7) is 4.60.